The second kappa shape index (κ2) is 7.09. The average molecular weight is 388 g/mol. The van der Waals surface area contributed by atoms with E-state index in [1.54, 1.807) is 6.92 Å². The highest BCUT2D eigenvalue weighted by molar-refractivity contribution is 7.90. The molecule has 8 heteroatoms. The molecule has 0 saturated heterocycles. The van der Waals surface area contributed by atoms with Gasteiger partial charge in [0.15, 0.2) is 21.5 Å². The molecule has 0 aliphatic carbocycles. The Labute approximate surface area is 149 Å². The van der Waals surface area contributed by atoms with Gasteiger partial charge in [-0.3, -0.25) is 4.79 Å². The summed E-state index contributed by atoms with van der Waals surface area (Å²) < 4.78 is 49.9. The molecule has 0 aromatic heterocycles. The average Bonchev–Trinajstić information content (AvgIpc) is 2.54. The Morgan fingerprint density at radius 2 is 1.76 bits per heavy atom. The molecule has 0 radical (unpaired) electrons. The number of benzene rings is 2. The molecule has 0 fully saturated rings. The molecule has 1 unspecified atom stereocenters. The SMILES string of the molecule is CC(c1ccc(F)c(F)c1)N(C)C(=O)c1ccc(Cl)c(S(C)(=O)=O)c1. The number of halogens is 3. The lowest BCUT2D eigenvalue weighted by molar-refractivity contribution is 0.0742. The smallest absolute Gasteiger partial charge is 0.254 e. The molecular weight excluding hydrogens is 372 g/mol. The van der Waals surface area contributed by atoms with Gasteiger partial charge in [0.25, 0.3) is 5.91 Å². The maximum atomic E-state index is 13.4. The number of rotatable bonds is 4. The van der Waals surface area contributed by atoms with Crippen LogP contribution >= 0.6 is 11.6 Å². The summed E-state index contributed by atoms with van der Waals surface area (Å²) in [5.41, 5.74) is 0.536. The Morgan fingerprint density at radius 3 is 2.32 bits per heavy atom. The van der Waals surface area contributed by atoms with Gasteiger partial charge in [-0.25, -0.2) is 17.2 Å². The molecule has 0 saturated carbocycles. The highest BCUT2D eigenvalue weighted by Gasteiger charge is 2.22. The van der Waals surface area contributed by atoms with Gasteiger partial charge in [0.2, 0.25) is 0 Å². The van der Waals surface area contributed by atoms with Crippen LogP contribution in [-0.4, -0.2) is 32.5 Å². The highest BCUT2D eigenvalue weighted by Crippen LogP contribution is 2.26. The van der Waals surface area contributed by atoms with Crippen LogP contribution in [0.25, 0.3) is 0 Å². The first-order valence-corrected chi connectivity index (χ1v) is 9.51. The molecule has 2 aromatic carbocycles. The van der Waals surface area contributed by atoms with Gasteiger partial charge >= 0.3 is 0 Å². The first-order valence-electron chi connectivity index (χ1n) is 7.24. The fraction of sp³-hybridized carbons (Fsp3) is 0.235. The summed E-state index contributed by atoms with van der Waals surface area (Å²) in [5.74, 6) is -2.45. The van der Waals surface area contributed by atoms with Crippen LogP contribution in [0.5, 0.6) is 0 Å². The van der Waals surface area contributed by atoms with Crippen LogP contribution < -0.4 is 0 Å². The number of hydrogen-bond donors (Lipinski definition) is 0. The van der Waals surface area contributed by atoms with Crippen LogP contribution in [-0.2, 0) is 9.84 Å². The fourth-order valence-corrected chi connectivity index (χ4v) is 3.60. The summed E-state index contributed by atoms with van der Waals surface area (Å²) in [4.78, 5) is 13.8. The van der Waals surface area contributed by atoms with E-state index in [9.17, 15) is 22.0 Å². The third kappa shape index (κ3) is 4.16. The summed E-state index contributed by atoms with van der Waals surface area (Å²) in [6.07, 6.45) is 0.996. The van der Waals surface area contributed by atoms with Crippen molar-refractivity contribution in [2.24, 2.45) is 0 Å². The van der Waals surface area contributed by atoms with Crippen LogP contribution in [0.15, 0.2) is 41.3 Å². The summed E-state index contributed by atoms with van der Waals surface area (Å²) in [6, 6.07) is 6.79. The van der Waals surface area contributed by atoms with Crippen LogP contribution in [0.4, 0.5) is 8.78 Å². The first-order chi connectivity index (χ1) is 11.5. The molecule has 0 aliphatic heterocycles. The minimum Gasteiger partial charge on any atom is -0.335 e. The molecular formula is C17H16ClF2NO3S. The maximum absolute atomic E-state index is 13.4. The molecule has 0 heterocycles. The van der Waals surface area contributed by atoms with E-state index in [2.05, 4.69) is 0 Å². The van der Waals surface area contributed by atoms with Gasteiger partial charge < -0.3 is 4.90 Å². The van der Waals surface area contributed by atoms with Crippen molar-refractivity contribution in [1.82, 2.24) is 4.90 Å². The molecule has 4 nitrogen and oxygen atoms in total. The summed E-state index contributed by atoms with van der Waals surface area (Å²) in [6.45, 7) is 1.65. The van der Waals surface area contributed by atoms with E-state index in [1.165, 1.54) is 36.2 Å². The largest absolute Gasteiger partial charge is 0.335 e. The van der Waals surface area contributed by atoms with E-state index in [0.29, 0.717) is 5.56 Å². The quantitative estimate of drug-likeness (QED) is 0.800. The van der Waals surface area contributed by atoms with Gasteiger partial charge in [-0.2, -0.15) is 0 Å². The second-order valence-electron chi connectivity index (χ2n) is 5.68. The number of carbonyl (C=O) groups excluding carboxylic acids is 1. The van der Waals surface area contributed by atoms with Crippen LogP contribution in [0.2, 0.25) is 5.02 Å². The van der Waals surface area contributed by atoms with Crippen molar-refractivity contribution in [3.8, 4) is 0 Å². The van der Waals surface area contributed by atoms with Gasteiger partial charge in [0.05, 0.1) is 16.0 Å². The van der Waals surface area contributed by atoms with Crippen molar-refractivity contribution >= 4 is 27.3 Å². The van der Waals surface area contributed by atoms with Crippen molar-refractivity contribution in [2.75, 3.05) is 13.3 Å². The van der Waals surface area contributed by atoms with E-state index in [1.807, 2.05) is 0 Å². The van der Waals surface area contributed by atoms with E-state index in [4.69, 9.17) is 11.6 Å². The predicted molar refractivity (Wildman–Crippen MR) is 91.4 cm³/mol. The fourth-order valence-electron chi connectivity index (χ4n) is 2.30. The molecule has 0 spiro atoms. The zero-order valence-corrected chi connectivity index (χ0v) is 15.3. The number of sulfone groups is 1. The van der Waals surface area contributed by atoms with E-state index in [-0.39, 0.29) is 15.5 Å². The Balaban J connectivity index is 2.35. The monoisotopic (exact) mass is 387 g/mol. The zero-order valence-electron chi connectivity index (χ0n) is 13.8. The standard InChI is InChI=1S/C17H16ClF2NO3S/c1-10(11-5-7-14(19)15(20)8-11)21(2)17(22)12-4-6-13(18)16(9-12)25(3,23)24/h4-10H,1-3H3. The topological polar surface area (TPSA) is 54.5 Å². The zero-order chi connectivity index (χ0) is 18.9. The van der Waals surface area contributed by atoms with E-state index >= 15 is 0 Å². The van der Waals surface area contributed by atoms with Gasteiger partial charge in [0.1, 0.15) is 0 Å². The lowest BCUT2D eigenvalue weighted by atomic mass is 10.1. The van der Waals surface area contributed by atoms with Crippen molar-refractivity contribution < 1.29 is 22.0 Å². The molecule has 1 atom stereocenters. The minimum atomic E-state index is -3.59. The van der Waals surface area contributed by atoms with Crippen LogP contribution in [0, 0.1) is 11.6 Å². The van der Waals surface area contributed by atoms with Crippen LogP contribution in [0.3, 0.4) is 0 Å². The Bertz CT molecular complexity index is 931. The Morgan fingerprint density at radius 1 is 1.12 bits per heavy atom. The van der Waals surface area contributed by atoms with Gasteiger partial charge in [-0.15, -0.1) is 0 Å². The molecule has 1 amide bonds. The molecule has 134 valence electrons. The third-order valence-corrected chi connectivity index (χ3v) is 5.48. The summed E-state index contributed by atoms with van der Waals surface area (Å²) in [7, 11) is -2.10. The molecule has 0 bridgehead atoms. The van der Waals surface area contributed by atoms with Gasteiger partial charge in [-0.05, 0) is 42.8 Å². The molecule has 25 heavy (non-hydrogen) atoms. The third-order valence-electron chi connectivity index (χ3n) is 3.90. The van der Waals surface area contributed by atoms with Crippen molar-refractivity contribution in [1.29, 1.82) is 0 Å². The van der Waals surface area contributed by atoms with Crippen molar-refractivity contribution in [2.45, 2.75) is 17.9 Å². The minimum absolute atomic E-state index is 0.0235. The highest BCUT2D eigenvalue weighted by atomic mass is 35.5. The lowest BCUT2D eigenvalue weighted by Crippen LogP contribution is -2.30. The van der Waals surface area contributed by atoms with Crippen molar-refractivity contribution in [3.05, 3.63) is 64.2 Å². The molecule has 0 N–H and O–H groups in total. The van der Waals surface area contributed by atoms with E-state index < -0.39 is 33.4 Å². The first kappa shape index (κ1) is 19.3. The normalized spacial score (nSPS) is 12.7. The summed E-state index contributed by atoms with van der Waals surface area (Å²) >= 11 is 5.87. The summed E-state index contributed by atoms with van der Waals surface area (Å²) in [5, 5.41) is 0.0235. The van der Waals surface area contributed by atoms with Gasteiger partial charge in [-0.1, -0.05) is 17.7 Å². The maximum Gasteiger partial charge on any atom is 0.254 e. The second-order valence-corrected chi connectivity index (χ2v) is 8.07. The Hall–Kier alpha value is -1.99. The van der Waals surface area contributed by atoms with Crippen molar-refractivity contribution in [3.63, 3.8) is 0 Å². The lowest BCUT2D eigenvalue weighted by Gasteiger charge is -2.25. The predicted octanol–water partition coefficient (Wildman–Crippen LogP) is 3.85. The molecule has 2 rings (SSSR count). The number of carbonyl (C=O) groups is 1. The Kier molecular flexibility index (Phi) is 5.49. The number of amides is 1. The number of hydrogen-bond acceptors (Lipinski definition) is 3. The van der Waals surface area contributed by atoms with E-state index in [0.717, 1.165) is 18.4 Å². The van der Waals surface area contributed by atoms with Crippen LogP contribution in [0.1, 0.15) is 28.9 Å². The van der Waals surface area contributed by atoms with Gasteiger partial charge in [0, 0.05) is 18.9 Å². The molecule has 0 aliphatic rings. The molecule has 2 aromatic rings. The number of nitrogens with zero attached hydrogens (tertiary/aromatic N) is 1.